The van der Waals surface area contributed by atoms with Crippen molar-refractivity contribution in [2.45, 2.75) is 58.0 Å². The summed E-state index contributed by atoms with van der Waals surface area (Å²) in [7, 11) is 0. The average molecular weight is 399 g/mol. The van der Waals surface area contributed by atoms with E-state index in [-0.39, 0.29) is 25.2 Å². The number of amides is 3. The van der Waals surface area contributed by atoms with E-state index in [1.807, 2.05) is 6.92 Å². The molecule has 158 valence electrons. The van der Waals surface area contributed by atoms with E-state index in [0.29, 0.717) is 0 Å². The van der Waals surface area contributed by atoms with Crippen LogP contribution < -0.4 is 16.0 Å². The molecule has 0 radical (unpaired) electrons. The molecule has 3 atom stereocenters. The quantitative estimate of drug-likeness (QED) is 0.257. The number of carboxylic acids is 2. The van der Waals surface area contributed by atoms with Crippen LogP contribution in [0.1, 0.15) is 46.0 Å². The van der Waals surface area contributed by atoms with Gasteiger partial charge in [0.1, 0.15) is 12.1 Å². The Morgan fingerprint density at radius 3 is 2.11 bits per heavy atom. The summed E-state index contributed by atoms with van der Waals surface area (Å²) in [6.07, 6.45) is 3.09. The molecule has 5 N–H and O–H groups in total. The van der Waals surface area contributed by atoms with Gasteiger partial charge in [-0.3, -0.25) is 19.2 Å². The van der Waals surface area contributed by atoms with Crippen molar-refractivity contribution in [3.8, 4) is 0 Å². The van der Waals surface area contributed by atoms with Crippen molar-refractivity contribution < 1.29 is 34.2 Å². The molecule has 0 heterocycles. The van der Waals surface area contributed by atoms with Gasteiger partial charge < -0.3 is 26.2 Å². The van der Waals surface area contributed by atoms with Crippen molar-refractivity contribution in [3.05, 3.63) is 12.7 Å². The lowest BCUT2D eigenvalue weighted by molar-refractivity contribution is -0.142. The van der Waals surface area contributed by atoms with E-state index in [4.69, 9.17) is 5.11 Å². The number of rotatable bonds is 14. The predicted octanol–water partition coefficient (Wildman–Crippen LogP) is 0.0339. The van der Waals surface area contributed by atoms with Crippen molar-refractivity contribution in [3.63, 3.8) is 0 Å². The minimum absolute atomic E-state index is 0.0717. The number of carboxylic acid groups (broad SMARTS) is 2. The summed E-state index contributed by atoms with van der Waals surface area (Å²) in [5.41, 5.74) is 0. The summed E-state index contributed by atoms with van der Waals surface area (Å²) in [6.45, 7) is 6.33. The predicted molar refractivity (Wildman–Crippen MR) is 100 cm³/mol. The minimum Gasteiger partial charge on any atom is -0.480 e. The lowest BCUT2D eigenvalue weighted by Gasteiger charge is -2.16. The number of hydrogen-bond donors (Lipinski definition) is 5. The van der Waals surface area contributed by atoms with Crippen molar-refractivity contribution in [1.29, 1.82) is 0 Å². The Hall–Kier alpha value is -2.91. The van der Waals surface area contributed by atoms with Crippen LogP contribution in [0.5, 0.6) is 0 Å². The molecule has 0 bridgehead atoms. The highest BCUT2D eigenvalue weighted by Crippen LogP contribution is 2.11. The van der Waals surface area contributed by atoms with Gasteiger partial charge >= 0.3 is 11.9 Å². The third-order valence-electron chi connectivity index (χ3n) is 3.88. The first-order valence-corrected chi connectivity index (χ1v) is 8.98. The zero-order chi connectivity index (χ0) is 21.7. The first-order chi connectivity index (χ1) is 13.1. The van der Waals surface area contributed by atoms with Crippen LogP contribution in [0.2, 0.25) is 0 Å². The van der Waals surface area contributed by atoms with Crippen LogP contribution >= 0.6 is 0 Å². The molecular weight excluding hydrogens is 370 g/mol. The maximum atomic E-state index is 11.9. The van der Waals surface area contributed by atoms with Gasteiger partial charge in [0.2, 0.25) is 17.7 Å². The molecule has 0 aliphatic rings. The molecule has 0 aliphatic carbocycles. The summed E-state index contributed by atoms with van der Waals surface area (Å²) in [6, 6.07) is -2.31. The molecule has 0 aliphatic heterocycles. The van der Waals surface area contributed by atoms with Crippen LogP contribution in [0.25, 0.3) is 0 Å². The first kappa shape index (κ1) is 25.1. The van der Waals surface area contributed by atoms with E-state index in [2.05, 4.69) is 22.5 Å². The van der Waals surface area contributed by atoms with Crippen LogP contribution in [0, 0.1) is 5.92 Å². The maximum Gasteiger partial charge on any atom is 0.326 e. The van der Waals surface area contributed by atoms with Crippen molar-refractivity contribution in [2.75, 3.05) is 6.54 Å². The summed E-state index contributed by atoms with van der Waals surface area (Å²) < 4.78 is 0. The monoisotopic (exact) mass is 399 g/mol. The van der Waals surface area contributed by atoms with Crippen LogP contribution in [-0.2, 0) is 24.0 Å². The molecule has 0 saturated heterocycles. The van der Waals surface area contributed by atoms with E-state index in [9.17, 15) is 29.1 Å². The highest BCUT2D eigenvalue weighted by Gasteiger charge is 2.22. The van der Waals surface area contributed by atoms with Gasteiger partial charge in [-0.15, -0.1) is 6.58 Å². The molecule has 0 fully saturated rings. The molecular formula is C18H29N3O7. The third kappa shape index (κ3) is 11.7. The molecule has 0 aromatic heterocycles. The lowest BCUT2D eigenvalue weighted by atomic mass is 10.0. The van der Waals surface area contributed by atoms with Crippen LogP contribution in [-0.4, -0.2) is 58.5 Å². The number of nitrogens with one attached hydrogen (secondary N) is 3. The third-order valence-corrected chi connectivity index (χ3v) is 3.88. The van der Waals surface area contributed by atoms with Gasteiger partial charge in [0, 0.05) is 12.8 Å². The smallest absolute Gasteiger partial charge is 0.326 e. The number of aliphatic carboxylic acids is 2. The van der Waals surface area contributed by atoms with Gasteiger partial charge in [0.15, 0.2) is 0 Å². The van der Waals surface area contributed by atoms with Gasteiger partial charge in [-0.2, -0.15) is 0 Å². The Labute approximate surface area is 163 Å². The van der Waals surface area contributed by atoms with E-state index >= 15 is 0 Å². The van der Waals surface area contributed by atoms with Crippen LogP contribution in [0.3, 0.4) is 0 Å². The molecule has 28 heavy (non-hydrogen) atoms. The molecule has 0 spiro atoms. The topological polar surface area (TPSA) is 162 Å². The molecule has 10 nitrogen and oxygen atoms in total. The van der Waals surface area contributed by atoms with Crippen molar-refractivity contribution in [2.24, 2.45) is 5.92 Å². The van der Waals surface area contributed by atoms with Gasteiger partial charge in [0.25, 0.3) is 0 Å². The van der Waals surface area contributed by atoms with Gasteiger partial charge in [0.05, 0.1) is 6.54 Å². The second-order valence-corrected chi connectivity index (χ2v) is 6.58. The molecule has 0 unspecified atom stereocenters. The number of carbonyl (C=O) groups excluding carboxylic acids is 3. The Balaban J connectivity index is 4.33. The normalized spacial score (nSPS) is 13.5. The Bertz CT molecular complexity index is 592. The second-order valence-electron chi connectivity index (χ2n) is 6.58. The van der Waals surface area contributed by atoms with Gasteiger partial charge in [-0.05, 0) is 32.1 Å². The molecule has 0 aromatic carbocycles. The van der Waals surface area contributed by atoms with Crippen LogP contribution in [0.4, 0.5) is 0 Å². The fraction of sp³-hybridized carbons (Fsp3) is 0.611. The molecule has 0 rings (SSSR count). The Morgan fingerprint density at radius 2 is 1.57 bits per heavy atom. The minimum atomic E-state index is -1.26. The zero-order valence-corrected chi connectivity index (χ0v) is 16.2. The van der Waals surface area contributed by atoms with Crippen molar-refractivity contribution in [1.82, 2.24) is 16.0 Å². The fourth-order valence-corrected chi connectivity index (χ4v) is 2.23. The SMILES string of the molecule is C=CCC[C@H](C)CC(=O)N[C@H](CCC(=O)NCC(=O)N[C@H](C)C(=O)O)C(=O)O. The zero-order valence-electron chi connectivity index (χ0n) is 16.2. The van der Waals surface area contributed by atoms with Gasteiger partial charge in [-0.1, -0.05) is 13.0 Å². The summed E-state index contributed by atoms with van der Waals surface area (Å²) in [4.78, 5) is 57.1. The largest absolute Gasteiger partial charge is 0.480 e. The van der Waals surface area contributed by atoms with Crippen molar-refractivity contribution >= 4 is 29.7 Å². The molecule has 3 amide bonds. The van der Waals surface area contributed by atoms with Crippen LogP contribution in [0.15, 0.2) is 12.7 Å². The summed E-state index contributed by atoms with van der Waals surface area (Å²) >= 11 is 0. The molecule has 0 saturated carbocycles. The van der Waals surface area contributed by atoms with Gasteiger partial charge in [-0.25, -0.2) is 4.79 Å². The van der Waals surface area contributed by atoms with E-state index in [1.54, 1.807) is 6.08 Å². The standard InChI is InChI=1S/C18H29N3O7/c1-4-5-6-11(2)9-15(23)21-13(18(27)28)7-8-14(22)19-10-16(24)20-12(3)17(25)26/h4,11-13H,1,5-10H2,2-3H3,(H,19,22)(H,20,24)(H,21,23)(H,25,26)(H,27,28)/t11-,12+,13+/m0/s1. The summed E-state index contributed by atoms with van der Waals surface area (Å²) in [5, 5.41) is 24.7. The number of carbonyl (C=O) groups is 5. The second kappa shape index (κ2) is 13.3. The maximum absolute atomic E-state index is 11.9. The van der Waals surface area contributed by atoms with E-state index < -0.39 is 48.3 Å². The number of hydrogen-bond acceptors (Lipinski definition) is 5. The number of allylic oxidation sites excluding steroid dienone is 1. The summed E-state index contributed by atoms with van der Waals surface area (Å²) in [5.74, 6) is -4.07. The van der Waals surface area contributed by atoms with E-state index in [0.717, 1.165) is 12.8 Å². The lowest BCUT2D eigenvalue weighted by Crippen LogP contribution is -2.45. The average Bonchev–Trinajstić information content (AvgIpc) is 2.61. The molecule has 10 heteroatoms. The molecule has 0 aromatic rings. The fourth-order valence-electron chi connectivity index (χ4n) is 2.23. The Kier molecular flexibility index (Phi) is 11.9. The first-order valence-electron chi connectivity index (χ1n) is 8.98. The highest BCUT2D eigenvalue weighted by molar-refractivity contribution is 5.88. The van der Waals surface area contributed by atoms with E-state index in [1.165, 1.54) is 6.92 Å². The highest BCUT2D eigenvalue weighted by atomic mass is 16.4. The Morgan fingerprint density at radius 1 is 0.929 bits per heavy atom.